The highest BCUT2D eigenvalue weighted by atomic mass is 35.5. The summed E-state index contributed by atoms with van der Waals surface area (Å²) >= 11 is 11.7. The van der Waals surface area contributed by atoms with Crippen LogP contribution in [0.5, 0.6) is 11.5 Å². The zero-order valence-electron chi connectivity index (χ0n) is 9.84. The topological polar surface area (TPSA) is 117 Å². The second-order valence-corrected chi connectivity index (χ2v) is 4.52. The average molecular weight is 315 g/mol. The molecule has 0 aliphatic rings. The van der Waals surface area contributed by atoms with Gasteiger partial charge in [0.2, 0.25) is 11.6 Å². The third kappa shape index (κ3) is 2.68. The Balaban J connectivity index is 2.48. The standard InChI is InChI=1S/C11H8Cl2N4O3/c12-5-3-6(13)9(4-7(5)14)20-8-1-2-16-11(15)10(8)17(18)19/h1-4H,14H2,(H2,15,16). The van der Waals surface area contributed by atoms with Crippen LogP contribution in [0.15, 0.2) is 24.4 Å². The number of benzene rings is 1. The van der Waals surface area contributed by atoms with E-state index in [2.05, 4.69) is 4.98 Å². The van der Waals surface area contributed by atoms with Crippen LogP contribution in [0, 0.1) is 10.1 Å². The molecule has 104 valence electrons. The maximum atomic E-state index is 11.0. The lowest BCUT2D eigenvalue weighted by Gasteiger charge is -2.10. The van der Waals surface area contributed by atoms with Crippen LogP contribution in [-0.4, -0.2) is 9.91 Å². The summed E-state index contributed by atoms with van der Waals surface area (Å²) in [5, 5.41) is 11.4. The second kappa shape index (κ2) is 5.40. The smallest absolute Gasteiger partial charge is 0.353 e. The fourth-order valence-corrected chi connectivity index (χ4v) is 1.88. The zero-order valence-corrected chi connectivity index (χ0v) is 11.4. The number of hydrogen-bond donors (Lipinski definition) is 2. The molecule has 0 aliphatic heterocycles. The van der Waals surface area contributed by atoms with Gasteiger partial charge in [0.15, 0.2) is 0 Å². The first-order valence-electron chi connectivity index (χ1n) is 5.21. The van der Waals surface area contributed by atoms with Crippen LogP contribution in [0.2, 0.25) is 10.0 Å². The third-order valence-corrected chi connectivity index (χ3v) is 2.99. The van der Waals surface area contributed by atoms with Crippen LogP contribution in [0.1, 0.15) is 0 Å². The minimum Gasteiger partial charge on any atom is -0.448 e. The van der Waals surface area contributed by atoms with E-state index in [1.165, 1.54) is 24.4 Å². The van der Waals surface area contributed by atoms with E-state index in [1.807, 2.05) is 0 Å². The highest BCUT2D eigenvalue weighted by Crippen LogP contribution is 2.39. The predicted octanol–water partition coefficient (Wildman–Crippen LogP) is 3.25. The molecule has 0 aliphatic carbocycles. The molecule has 0 fully saturated rings. The van der Waals surface area contributed by atoms with E-state index in [1.54, 1.807) is 0 Å². The van der Waals surface area contributed by atoms with Crippen LogP contribution in [0.3, 0.4) is 0 Å². The van der Waals surface area contributed by atoms with E-state index >= 15 is 0 Å². The van der Waals surface area contributed by atoms with Gasteiger partial charge in [-0.15, -0.1) is 0 Å². The van der Waals surface area contributed by atoms with Gasteiger partial charge in [-0.1, -0.05) is 23.2 Å². The number of rotatable bonds is 3. The first kappa shape index (κ1) is 14.2. The van der Waals surface area contributed by atoms with Gasteiger partial charge in [0.25, 0.3) is 0 Å². The summed E-state index contributed by atoms with van der Waals surface area (Å²) in [6.45, 7) is 0. The quantitative estimate of drug-likeness (QED) is 0.510. The Morgan fingerprint density at radius 3 is 2.55 bits per heavy atom. The van der Waals surface area contributed by atoms with Crippen molar-refractivity contribution in [2.75, 3.05) is 11.5 Å². The molecule has 0 amide bonds. The van der Waals surface area contributed by atoms with Gasteiger partial charge in [-0.25, -0.2) is 4.98 Å². The predicted molar refractivity (Wildman–Crippen MR) is 76.3 cm³/mol. The minimum atomic E-state index is -0.690. The summed E-state index contributed by atoms with van der Waals surface area (Å²) in [6, 6.07) is 4.05. The van der Waals surface area contributed by atoms with E-state index in [4.69, 9.17) is 39.4 Å². The van der Waals surface area contributed by atoms with E-state index in [0.29, 0.717) is 0 Å². The van der Waals surface area contributed by atoms with Crippen LogP contribution in [0.25, 0.3) is 0 Å². The van der Waals surface area contributed by atoms with Gasteiger partial charge in [-0.2, -0.15) is 0 Å². The van der Waals surface area contributed by atoms with Gasteiger partial charge in [0.1, 0.15) is 5.75 Å². The van der Waals surface area contributed by atoms with E-state index in [9.17, 15) is 10.1 Å². The number of anilines is 2. The highest BCUT2D eigenvalue weighted by molar-refractivity contribution is 6.37. The number of halogens is 2. The van der Waals surface area contributed by atoms with Crippen molar-refractivity contribution in [3.05, 3.63) is 44.6 Å². The van der Waals surface area contributed by atoms with Crippen LogP contribution >= 0.6 is 23.2 Å². The van der Waals surface area contributed by atoms with Crippen molar-refractivity contribution in [2.24, 2.45) is 0 Å². The number of nitrogens with two attached hydrogens (primary N) is 2. The van der Waals surface area contributed by atoms with Gasteiger partial charge >= 0.3 is 5.69 Å². The minimum absolute atomic E-state index is 0.0916. The Kier molecular flexibility index (Phi) is 3.82. The molecule has 1 heterocycles. The maximum Gasteiger partial charge on any atom is 0.353 e. The van der Waals surface area contributed by atoms with E-state index < -0.39 is 10.6 Å². The molecular formula is C11H8Cl2N4O3. The summed E-state index contributed by atoms with van der Waals surface area (Å²) in [6.07, 6.45) is 1.28. The van der Waals surface area contributed by atoms with Gasteiger partial charge in [0.05, 0.1) is 20.7 Å². The van der Waals surface area contributed by atoms with Gasteiger partial charge in [0, 0.05) is 18.3 Å². The highest BCUT2D eigenvalue weighted by Gasteiger charge is 2.22. The molecule has 0 saturated heterocycles. The van der Waals surface area contributed by atoms with Gasteiger partial charge in [-0.3, -0.25) is 10.1 Å². The fraction of sp³-hybridized carbons (Fsp3) is 0. The Hall–Kier alpha value is -2.25. The van der Waals surface area contributed by atoms with E-state index in [0.717, 1.165) is 0 Å². The van der Waals surface area contributed by atoms with Crippen molar-refractivity contribution >= 4 is 40.4 Å². The average Bonchev–Trinajstić information content (AvgIpc) is 2.35. The Morgan fingerprint density at radius 2 is 1.90 bits per heavy atom. The largest absolute Gasteiger partial charge is 0.448 e. The second-order valence-electron chi connectivity index (χ2n) is 3.71. The molecular weight excluding hydrogens is 307 g/mol. The molecule has 0 radical (unpaired) electrons. The number of nitrogen functional groups attached to an aromatic ring is 2. The Morgan fingerprint density at radius 1 is 1.20 bits per heavy atom. The van der Waals surface area contributed by atoms with Crippen molar-refractivity contribution in [3.63, 3.8) is 0 Å². The Labute approximate surface area is 123 Å². The van der Waals surface area contributed by atoms with Crippen molar-refractivity contribution in [2.45, 2.75) is 0 Å². The number of nitro groups is 1. The molecule has 2 aromatic rings. The molecule has 2 rings (SSSR count). The lowest BCUT2D eigenvalue weighted by molar-refractivity contribution is -0.384. The van der Waals surface area contributed by atoms with Gasteiger partial charge < -0.3 is 16.2 Å². The normalized spacial score (nSPS) is 10.3. The number of aromatic nitrogens is 1. The molecule has 0 spiro atoms. The number of hydrogen-bond acceptors (Lipinski definition) is 6. The van der Waals surface area contributed by atoms with Crippen molar-refractivity contribution in [1.82, 2.24) is 4.98 Å². The molecule has 20 heavy (non-hydrogen) atoms. The number of ether oxygens (including phenoxy) is 1. The summed E-state index contributed by atoms with van der Waals surface area (Å²) in [7, 11) is 0. The molecule has 0 bridgehead atoms. The van der Waals surface area contributed by atoms with Gasteiger partial charge in [-0.05, 0) is 6.07 Å². The molecule has 4 N–H and O–H groups in total. The lowest BCUT2D eigenvalue weighted by Crippen LogP contribution is -2.01. The zero-order chi connectivity index (χ0) is 14.9. The van der Waals surface area contributed by atoms with Crippen molar-refractivity contribution in [1.29, 1.82) is 0 Å². The third-order valence-electron chi connectivity index (χ3n) is 2.37. The van der Waals surface area contributed by atoms with Crippen LogP contribution < -0.4 is 16.2 Å². The molecule has 7 nitrogen and oxygen atoms in total. The number of nitrogens with zero attached hydrogens (tertiary/aromatic N) is 2. The SMILES string of the molecule is Nc1cc(Oc2ccnc(N)c2[N+](=O)[O-])c(Cl)cc1Cl. The molecule has 1 aromatic heterocycles. The van der Waals surface area contributed by atoms with Crippen molar-refractivity contribution in [3.8, 4) is 11.5 Å². The van der Waals surface area contributed by atoms with Crippen molar-refractivity contribution < 1.29 is 9.66 Å². The molecule has 0 saturated carbocycles. The molecule has 0 unspecified atom stereocenters. The fourth-order valence-electron chi connectivity index (χ4n) is 1.46. The Bertz CT molecular complexity index is 694. The molecule has 9 heteroatoms. The first-order chi connectivity index (χ1) is 9.40. The van der Waals surface area contributed by atoms with Crippen LogP contribution in [-0.2, 0) is 0 Å². The molecule has 0 atom stereocenters. The van der Waals surface area contributed by atoms with Crippen LogP contribution in [0.4, 0.5) is 17.2 Å². The maximum absolute atomic E-state index is 11.0. The number of pyridine rings is 1. The first-order valence-corrected chi connectivity index (χ1v) is 5.97. The van der Waals surface area contributed by atoms with E-state index in [-0.39, 0.29) is 33.0 Å². The monoisotopic (exact) mass is 314 g/mol. The summed E-state index contributed by atoms with van der Waals surface area (Å²) in [4.78, 5) is 13.9. The summed E-state index contributed by atoms with van der Waals surface area (Å²) in [5.41, 5.74) is 10.9. The lowest BCUT2D eigenvalue weighted by atomic mass is 10.3. The molecule has 1 aromatic carbocycles. The summed E-state index contributed by atoms with van der Waals surface area (Å²) in [5.74, 6) is -0.223. The summed E-state index contributed by atoms with van der Waals surface area (Å²) < 4.78 is 5.39.